The molecule has 1 aromatic heterocycles. The van der Waals surface area contributed by atoms with Crippen molar-refractivity contribution in [2.75, 3.05) is 0 Å². The lowest BCUT2D eigenvalue weighted by Crippen LogP contribution is -2.16. The average Bonchev–Trinajstić information content (AvgIpc) is 2.97. The fourth-order valence-corrected chi connectivity index (χ4v) is 4.32. The van der Waals surface area contributed by atoms with E-state index in [1.165, 1.54) is 23.5 Å². The van der Waals surface area contributed by atoms with Crippen LogP contribution >= 0.6 is 11.3 Å². The Morgan fingerprint density at radius 3 is 2.63 bits per heavy atom. The van der Waals surface area contributed by atoms with Gasteiger partial charge in [0.15, 0.2) is 4.80 Å². The minimum Gasteiger partial charge on any atom is -0.305 e. The van der Waals surface area contributed by atoms with Crippen LogP contribution in [0.1, 0.15) is 12.0 Å². The monoisotopic (exact) mass is 399 g/mol. The molecule has 3 aromatic rings. The van der Waals surface area contributed by atoms with Gasteiger partial charge in [-0.25, -0.2) is 13.6 Å². The van der Waals surface area contributed by atoms with E-state index in [4.69, 9.17) is 11.6 Å². The molecule has 3 rings (SSSR count). The second-order valence-electron chi connectivity index (χ2n) is 5.84. The molecule has 0 aliphatic carbocycles. The number of nitrogens with two attached hydrogens (primary N) is 1. The molecule has 0 saturated heterocycles. The minimum atomic E-state index is -3.81. The molecular weight excluding hydrogens is 382 g/mol. The number of benzene rings is 2. The van der Waals surface area contributed by atoms with Crippen LogP contribution in [0.15, 0.2) is 58.4 Å². The second kappa shape index (κ2) is 7.88. The number of thiazole rings is 1. The van der Waals surface area contributed by atoms with Gasteiger partial charge in [0.1, 0.15) is 0 Å². The highest BCUT2D eigenvalue weighted by atomic mass is 32.2. The summed E-state index contributed by atoms with van der Waals surface area (Å²) in [6.07, 6.45) is 6.31. The first-order chi connectivity index (χ1) is 12.9. The van der Waals surface area contributed by atoms with Crippen LogP contribution in [0.2, 0.25) is 0 Å². The van der Waals surface area contributed by atoms with Gasteiger partial charge in [0.05, 0.1) is 21.7 Å². The summed E-state index contributed by atoms with van der Waals surface area (Å²) < 4.78 is 25.5. The van der Waals surface area contributed by atoms with Gasteiger partial charge in [0, 0.05) is 6.42 Å². The summed E-state index contributed by atoms with van der Waals surface area (Å²) in [6, 6.07) is 14.2. The number of aromatic nitrogens is 1. The van der Waals surface area contributed by atoms with E-state index < -0.39 is 10.0 Å². The number of rotatable bonds is 5. The Labute approximate surface area is 161 Å². The highest BCUT2D eigenvalue weighted by molar-refractivity contribution is 7.89. The number of terminal acetylenes is 1. The van der Waals surface area contributed by atoms with Crippen molar-refractivity contribution in [3.05, 3.63) is 58.9 Å². The Bertz CT molecular complexity index is 1200. The number of amides is 1. The molecule has 0 unspecified atom stereocenters. The van der Waals surface area contributed by atoms with E-state index >= 15 is 0 Å². The molecule has 6 nitrogen and oxygen atoms in total. The number of fused-ring (bicyclic) bond motifs is 1. The van der Waals surface area contributed by atoms with Crippen LogP contribution in [0.4, 0.5) is 0 Å². The standard InChI is InChI=1S/C19H17N3O3S2/c1-2-12-22-16-10-9-15(27(20,24)25)13-17(16)26-19(22)21-18(23)11-8-14-6-4-3-5-7-14/h1,3-7,9-10,13H,8,11-12H2,(H2,20,24,25). The number of hydrogen-bond donors (Lipinski definition) is 1. The van der Waals surface area contributed by atoms with Gasteiger partial charge < -0.3 is 4.57 Å². The average molecular weight is 399 g/mol. The molecule has 2 N–H and O–H groups in total. The van der Waals surface area contributed by atoms with Gasteiger partial charge in [-0.05, 0) is 30.2 Å². The van der Waals surface area contributed by atoms with E-state index in [-0.39, 0.29) is 23.8 Å². The van der Waals surface area contributed by atoms with E-state index in [2.05, 4.69) is 10.9 Å². The van der Waals surface area contributed by atoms with Gasteiger partial charge in [0.2, 0.25) is 15.9 Å². The van der Waals surface area contributed by atoms with Gasteiger partial charge in [-0.2, -0.15) is 4.99 Å². The molecule has 2 aromatic carbocycles. The molecule has 0 atom stereocenters. The van der Waals surface area contributed by atoms with E-state index in [1.807, 2.05) is 30.3 Å². The van der Waals surface area contributed by atoms with Crippen LogP contribution in [0, 0.1) is 12.3 Å². The van der Waals surface area contributed by atoms with Gasteiger partial charge in [-0.1, -0.05) is 47.6 Å². The molecule has 0 spiro atoms. The lowest BCUT2D eigenvalue weighted by atomic mass is 10.1. The van der Waals surface area contributed by atoms with Gasteiger partial charge in [0.25, 0.3) is 0 Å². The van der Waals surface area contributed by atoms with Crippen molar-refractivity contribution in [3.63, 3.8) is 0 Å². The van der Waals surface area contributed by atoms with E-state index in [0.717, 1.165) is 5.56 Å². The van der Waals surface area contributed by atoms with E-state index in [9.17, 15) is 13.2 Å². The van der Waals surface area contributed by atoms with E-state index in [0.29, 0.717) is 21.4 Å². The summed E-state index contributed by atoms with van der Waals surface area (Å²) >= 11 is 1.20. The number of nitrogens with zero attached hydrogens (tertiary/aromatic N) is 2. The maximum absolute atomic E-state index is 12.3. The molecule has 1 amide bonds. The van der Waals surface area contributed by atoms with Crippen LogP contribution in [-0.4, -0.2) is 18.9 Å². The second-order valence-corrected chi connectivity index (χ2v) is 8.41. The largest absolute Gasteiger partial charge is 0.305 e. The van der Waals surface area contributed by atoms with Crippen LogP contribution in [0.3, 0.4) is 0 Å². The number of carbonyl (C=O) groups is 1. The molecule has 0 saturated carbocycles. The van der Waals surface area contributed by atoms with Crippen molar-refractivity contribution in [1.29, 1.82) is 0 Å². The van der Waals surface area contributed by atoms with Crippen LogP contribution in [0.5, 0.6) is 0 Å². The van der Waals surface area contributed by atoms with Crippen LogP contribution in [0.25, 0.3) is 10.2 Å². The number of aryl methyl sites for hydroxylation is 1. The summed E-state index contributed by atoms with van der Waals surface area (Å²) in [5, 5.41) is 5.19. The Kier molecular flexibility index (Phi) is 5.56. The SMILES string of the molecule is C#CCn1c(=NC(=O)CCc2ccccc2)sc2cc(S(N)(=O)=O)ccc21. The Morgan fingerprint density at radius 2 is 1.96 bits per heavy atom. The van der Waals surface area contributed by atoms with Crippen molar-refractivity contribution in [2.45, 2.75) is 24.3 Å². The first-order valence-corrected chi connectivity index (χ1v) is 10.5. The predicted octanol–water partition coefficient (Wildman–Crippen LogP) is 2.04. The van der Waals surface area contributed by atoms with Gasteiger partial charge >= 0.3 is 0 Å². The lowest BCUT2D eigenvalue weighted by molar-refractivity contribution is -0.118. The quantitative estimate of drug-likeness (QED) is 0.665. The zero-order valence-corrected chi connectivity index (χ0v) is 16.0. The number of hydrogen-bond acceptors (Lipinski definition) is 4. The summed E-state index contributed by atoms with van der Waals surface area (Å²) in [4.78, 5) is 16.9. The topological polar surface area (TPSA) is 94.5 Å². The summed E-state index contributed by atoms with van der Waals surface area (Å²) in [6.45, 7) is 0.222. The highest BCUT2D eigenvalue weighted by Crippen LogP contribution is 2.21. The molecule has 0 aliphatic rings. The van der Waals surface area contributed by atoms with Crippen molar-refractivity contribution in [2.24, 2.45) is 10.1 Å². The Hall–Kier alpha value is -2.73. The minimum absolute atomic E-state index is 0.00561. The van der Waals surface area contributed by atoms with Crippen molar-refractivity contribution >= 4 is 37.5 Å². The molecule has 0 fully saturated rings. The molecule has 1 heterocycles. The Morgan fingerprint density at radius 1 is 1.22 bits per heavy atom. The normalized spacial score (nSPS) is 12.2. The highest BCUT2D eigenvalue weighted by Gasteiger charge is 2.13. The van der Waals surface area contributed by atoms with Crippen molar-refractivity contribution in [3.8, 4) is 12.3 Å². The predicted molar refractivity (Wildman–Crippen MR) is 105 cm³/mol. The Balaban J connectivity index is 1.96. The van der Waals surface area contributed by atoms with Crippen molar-refractivity contribution < 1.29 is 13.2 Å². The van der Waals surface area contributed by atoms with Crippen LogP contribution in [-0.2, 0) is 27.8 Å². The lowest BCUT2D eigenvalue weighted by Gasteiger charge is -2.01. The van der Waals surface area contributed by atoms with E-state index in [1.54, 1.807) is 10.6 Å². The molecule has 8 heteroatoms. The molecular formula is C19H17N3O3S2. The van der Waals surface area contributed by atoms with Crippen LogP contribution < -0.4 is 9.94 Å². The zero-order valence-electron chi connectivity index (χ0n) is 14.3. The smallest absolute Gasteiger partial charge is 0.248 e. The zero-order chi connectivity index (χ0) is 19.4. The fourth-order valence-electron chi connectivity index (χ4n) is 2.62. The maximum atomic E-state index is 12.3. The third kappa shape index (κ3) is 4.52. The van der Waals surface area contributed by atoms with Gasteiger partial charge in [-0.3, -0.25) is 4.79 Å². The molecule has 0 aliphatic heterocycles. The molecule has 27 heavy (non-hydrogen) atoms. The number of sulfonamides is 1. The summed E-state index contributed by atoms with van der Waals surface area (Å²) in [7, 11) is -3.81. The first-order valence-electron chi connectivity index (χ1n) is 8.09. The van der Waals surface area contributed by atoms with Gasteiger partial charge in [-0.15, -0.1) is 6.42 Å². The maximum Gasteiger partial charge on any atom is 0.248 e. The molecule has 138 valence electrons. The number of primary sulfonamides is 1. The summed E-state index contributed by atoms with van der Waals surface area (Å²) in [5.41, 5.74) is 1.77. The molecule has 0 radical (unpaired) electrons. The first kappa shape index (κ1) is 19.0. The fraction of sp³-hybridized carbons (Fsp3) is 0.158. The van der Waals surface area contributed by atoms with Crippen molar-refractivity contribution in [1.82, 2.24) is 4.57 Å². The third-order valence-corrected chi connectivity index (χ3v) is 5.88. The number of carbonyl (C=O) groups excluding carboxylic acids is 1. The summed E-state index contributed by atoms with van der Waals surface area (Å²) in [5.74, 6) is 2.27. The molecule has 0 bridgehead atoms. The third-order valence-electron chi connectivity index (χ3n) is 3.92.